The van der Waals surface area contributed by atoms with Crippen LogP contribution >= 0.6 is 0 Å². The summed E-state index contributed by atoms with van der Waals surface area (Å²) in [6.45, 7) is 4.01. The van der Waals surface area contributed by atoms with Crippen LogP contribution in [-0.4, -0.2) is 20.0 Å². The Bertz CT molecular complexity index is 837. The monoisotopic (exact) mass is 348 g/mol. The zero-order valence-corrected chi connectivity index (χ0v) is 15.7. The van der Waals surface area contributed by atoms with Crippen molar-refractivity contribution in [2.24, 2.45) is 0 Å². The van der Waals surface area contributed by atoms with E-state index in [0.29, 0.717) is 16.9 Å². The van der Waals surface area contributed by atoms with Crippen LogP contribution < -0.4 is 9.47 Å². The van der Waals surface area contributed by atoms with Gasteiger partial charge in [0.1, 0.15) is 11.5 Å². The summed E-state index contributed by atoms with van der Waals surface area (Å²) < 4.78 is 10.2. The predicted molar refractivity (Wildman–Crippen MR) is 105 cm³/mol. The van der Waals surface area contributed by atoms with Gasteiger partial charge < -0.3 is 9.47 Å². The molecule has 0 amide bonds. The van der Waals surface area contributed by atoms with Gasteiger partial charge in [0.15, 0.2) is 5.78 Å². The van der Waals surface area contributed by atoms with Crippen molar-refractivity contribution in [2.75, 3.05) is 14.2 Å². The fraction of sp³-hybridized carbons (Fsp3) is 0.174. The van der Waals surface area contributed by atoms with Crippen molar-refractivity contribution in [3.8, 4) is 11.5 Å². The number of carbonyl (C=O) groups excluding carboxylic acids is 1. The van der Waals surface area contributed by atoms with E-state index in [4.69, 9.17) is 9.47 Å². The van der Waals surface area contributed by atoms with Crippen molar-refractivity contribution in [3.63, 3.8) is 0 Å². The van der Waals surface area contributed by atoms with Crippen LogP contribution in [0, 0.1) is 13.8 Å². The highest BCUT2D eigenvalue weighted by Crippen LogP contribution is 2.22. The molecular formula is C23H24O3. The highest BCUT2D eigenvalue weighted by Gasteiger charge is 2.13. The minimum atomic E-state index is -0.00819. The molecule has 0 saturated carbocycles. The van der Waals surface area contributed by atoms with Crippen molar-refractivity contribution in [2.45, 2.75) is 13.8 Å². The molecular weight excluding hydrogens is 324 g/mol. The molecule has 0 atom stereocenters. The Labute approximate surface area is 155 Å². The third kappa shape index (κ3) is 5.21. The zero-order chi connectivity index (χ0) is 18.9. The van der Waals surface area contributed by atoms with Crippen LogP contribution in [0.4, 0.5) is 0 Å². The maximum Gasteiger partial charge on any atom is 0.196 e. The second-order valence-corrected chi connectivity index (χ2v) is 5.92. The minimum Gasteiger partial charge on any atom is -0.497 e. The van der Waals surface area contributed by atoms with Crippen molar-refractivity contribution < 1.29 is 14.3 Å². The van der Waals surface area contributed by atoms with Crippen LogP contribution in [0.2, 0.25) is 0 Å². The van der Waals surface area contributed by atoms with E-state index >= 15 is 0 Å². The van der Waals surface area contributed by atoms with Crippen molar-refractivity contribution in [1.29, 1.82) is 0 Å². The highest BCUT2D eigenvalue weighted by atomic mass is 16.5. The molecule has 0 radical (unpaired) electrons. The third-order valence-corrected chi connectivity index (χ3v) is 3.89. The summed E-state index contributed by atoms with van der Waals surface area (Å²) in [6.07, 6.45) is 0. The Morgan fingerprint density at radius 2 is 1.35 bits per heavy atom. The van der Waals surface area contributed by atoms with Crippen LogP contribution in [-0.2, 0) is 0 Å². The summed E-state index contributed by atoms with van der Waals surface area (Å²) in [5, 5.41) is 0. The minimum absolute atomic E-state index is 0.00819. The summed E-state index contributed by atoms with van der Waals surface area (Å²) in [6, 6.07) is 22.8. The number of rotatable bonds is 4. The molecule has 0 heterocycles. The molecule has 3 aromatic carbocycles. The first kappa shape index (κ1) is 19.3. The molecule has 3 rings (SSSR count). The molecule has 0 fully saturated rings. The Morgan fingerprint density at radius 3 is 1.92 bits per heavy atom. The molecule has 3 nitrogen and oxygen atoms in total. The van der Waals surface area contributed by atoms with E-state index in [0.717, 1.165) is 11.3 Å². The predicted octanol–water partition coefficient (Wildman–Crippen LogP) is 5.24. The molecule has 0 N–H and O–H groups in total. The van der Waals surface area contributed by atoms with E-state index in [1.54, 1.807) is 14.2 Å². The molecule has 0 aliphatic rings. The average Bonchev–Trinajstić information content (AvgIpc) is 2.69. The van der Waals surface area contributed by atoms with Gasteiger partial charge in [0.25, 0.3) is 0 Å². The summed E-state index contributed by atoms with van der Waals surface area (Å²) >= 11 is 0. The molecule has 0 spiro atoms. The van der Waals surface area contributed by atoms with Gasteiger partial charge >= 0.3 is 0 Å². The van der Waals surface area contributed by atoms with Gasteiger partial charge in [0, 0.05) is 5.56 Å². The lowest BCUT2D eigenvalue weighted by atomic mass is 10.0. The van der Waals surface area contributed by atoms with E-state index in [-0.39, 0.29) is 5.78 Å². The zero-order valence-electron chi connectivity index (χ0n) is 15.7. The first-order valence-electron chi connectivity index (χ1n) is 8.40. The molecule has 0 aliphatic carbocycles. The Balaban J connectivity index is 0.000000228. The van der Waals surface area contributed by atoms with E-state index in [2.05, 4.69) is 6.92 Å². The Morgan fingerprint density at radius 1 is 0.731 bits per heavy atom. The smallest absolute Gasteiger partial charge is 0.196 e. The number of ether oxygens (including phenoxy) is 2. The summed E-state index contributed by atoms with van der Waals surface area (Å²) in [4.78, 5) is 12.3. The first-order valence-corrected chi connectivity index (χ1v) is 8.40. The van der Waals surface area contributed by atoms with Crippen LogP contribution in [0.5, 0.6) is 11.5 Å². The number of benzene rings is 3. The lowest BCUT2D eigenvalue weighted by molar-refractivity contribution is 0.103. The van der Waals surface area contributed by atoms with Crippen molar-refractivity contribution in [1.82, 2.24) is 0 Å². The molecule has 134 valence electrons. The number of ketones is 1. The summed E-state index contributed by atoms with van der Waals surface area (Å²) in [5.41, 5.74) is 3.59. The van der Waals surface area contributed by atoms with Gasteiger partial charge in [-0.25, -0.2) is 0 Å². The molecule has 0 aliphatic heterocycles. The van der Waals surface area contributed by atoms with E-state index < -0.39 is 0 Å². The fourth-order valence-electron chi connectivity index (χ4n) is 2.42. The number of methoxy groups -OCH3 is 2. The van der Waals surface area contributed by atoms with E-state index in [1.165, 1.54) is 5.56 Å². The topological polar surface area (TPSA) is 35.5 Å². The standard InChI is InChI=1S/C15H14O2.C8H10O/c1-11-8-9-14(17-2)13(10-11)15(16)12-6-4-3-5-7-12;1-7-3-5-8(9-2)6-4-7/h3-10H,1-2H3;3-6H,1-2H3. The number of aryl methyl sites for hydroxylation is 2. The van der Waals surface area contributed by atoms with Gasteiger partial charge in [-0.1, -0.05) is 59.7 Å². The van der Waals surface area contributed by atoms with Gasteiger partial charge in [-0.3, -0.25) is 4.79 Å². The second kappa shape index (κ2) is 9.42. The van der Waals surface area contributed by atoms with Gasteiger partial charge in [-0.2, -0.15) is 0 Å². The molecule has 26 heavy (non-hydrogen) atoms. The Kier molecular flexibility index (Phi) is 6.98. The van der Waals surface area contributed by atoms with Crippen LogP contribution in [0.15, 0.2) is 72.8 Å². The van der Waals surface area contributed by atoms with E-state index in [1.807, 2.05) is 79.7 Å². The third-order valence-electron chi connectivity index (χ3n) is 3.89. The molecule has 0 saturated heterocycles. The quantitative estimate of drug-likeness (QED) is 0.605. The molecule has 0 bridgehead atoms. The van der Waals surface area contributed by atoms with Crippen LogP contribution in [0.1, 0.15) is 27.0 Å². The van der Waals surface area contributed by atoms with Crippen LogP contribution in [0.25, 0.3) is 0 Å². The lowest BCUT2D eigenvalue weighted by Gasteiger charge is -2.08. The summed E-state index contributed by atoms with van der Waals surface area (Å²) in [7, 11) is 3.25. The highest BCUT2D eigenvalue weighted by molar-refractivity contribution is 6.10. The largest absolute Gasteiger partial charge is 0.497 e. The molecule has 0 aromatic heterocycles. The van der Waals surface area contributed by atoms with Gasteiger partial charge in [0.05, 0.1) is 19.8 Å². The lowest BCUT2D eigenvalue weighted by Crippen LogP contribution is -2.04. The molecule has 3 aromatic rings. The maximum absolute atomic E-state index is 12.3. The second-order valence-electron chi connectivity index (χ2n) is 5.92. The number of hydrogen-bond donors (Lipinski definition) is 0. The fourth-order valence-corrected chi connectivity index (χ4v) is 2.42. The average molecular weight is 348 g/mol. The molecule has 0 unspecified atom stereocenters. The SMILES string of the molecule is COc1ccc(C)cc1.COc1ccc(C)cc1C(=O)c1ccccc1. The maximum atomic E-state index is 12.3. The number of carbonyl (C=O) groups is 1. The van der Waals surface area contributed by atoms with E-state index in [9.17, 15) is 4.79 Å². The van der Waals surface area contributed by atoms with Gasteiger partial charge in [0.2, 0.25) is 0 Å². The normalized spacial score (nSPS) is 9.69. The van der Waals surface area contributed by atoms with Gasteiger partial charge in [-0.15, -0.1) is 0 Å². The number of hydrogen-bond acceptors (Lipinski definition) is 3. The van der Waals surface area contributed by atoms with Crippen LogP contribution in [0.3, 0.4) is 0 Å². The Hall–Kier alpha value is -3.07. The molecule has 3 heteroatoms. The van der Waals surface area contributed by atoms with Crippen molar-refractivity contribution in [3.05, 3.63) is 95.1 Å². The van der Waals surface area contributed by atoms with Gasteiger partial charge in [-0.05, 0) is 38.1 Å². The summed E-state index contributed by atoms with van der Waals surface area (Å²) in [5.74, 6) is 1.52. The van der Waals surface area contributed by atoms with Crippen molar-refractivity contribution >= 4 is 5.78 Å². The first-order chi connectivity index (χ1) is 12.5.